The molecule has 6 heteroatoms. The minimum absolute atomic E-state index is 0.0526. The standard InChI is InChI=1S/C28H45NO5/c1-18(2)20(4)25(33-6)17-26(31)29-15-11-14-23(29)28(34-7)21(5)24(30)16-19(3)27(32)22-12-9-8-10-13-22/h8-10,12-13,18-21,23,25,27-28,32H,11,14-17H2,1-7H3/t19-,20-,21-,23-,25+,27+,28+/m0/s1. The van der Waals surface area contributed by atoms with Gasteiger partial charge in [-0.1, -0.05) is 65.0 Å². The molecule has 0 saturated carbocycles. The van der Waals surface area contributed by atoms with Crippen LogP contribution in [-0.4, -0.2) is 60.7 Å². The van der Waals surface area contributed by atoms with E-state index >= 15 is 0 Å². The van der Waals surface area contributed by atoms with E-state index in [9.17, 15) is 14.7 Å². The Bertz CT molecular complexity index is 767. The molecule has 0 spiro atoms. The highest BCUT2D eigenvalue weighted by molar-refractivity contribution is 5.82. The maximum absolute atomic E-state index is 13.3. The molecule has 6 nitrogen and oxygen atoms in total. The summed E-state index contributed by atoms with van der Waals surface area (Å²) < 4.78 is 11.5. The average molecular weight is 476 g/mol. The highest BCUT2D eigenvalue weighted by Crippen LogP contribution is 2.31. The van der Waals surface area contributed by atoms with Crippen LogP contribution in [0.15, 0.2) is 30.3 Å². The summed E-state index contributed by atoms with van der Waals surface area (Å²) >= 11 is 0. The molecule has 34 heavy (non-hydrogen) atoms. The number of methoxy groups -OCH3 is 2. The van der Waals surface area contributed by atoms with E-state index in [2.05, 4.69) is 20.8 Å². The molecule has 1 fully saturated rings. The minimum atomic E-state index is -0.697. The van der Waals surface area contributed by atoms with Gasteiger partial charge in [0.05, 0.1) is 30.8 Å². The first kappa shape index (κ1) is 28.5. The van der Waals surface area contributed by atoms with Crippen LogP contribution in [0.25, 0.3) is 0 Å². The first-order chi connectivity index (χ1) is 16.1. The molecule has 1 heterocycles. The Morgan fingerprint density at radius 3 is 2.24 bits per heavy atom. The summed E-state index contributed by atoms with van der Waals surface area (Å²) in [7, 11) is 3.29. The number of Topliss-reactive ketones (excluding diaryl/α,β-unsaturated/α-hetero) is 1. The number of amides is 1. The molecule has 1 N–H and O–H groups in total. The van der Waals surface area contributed by atoms with Gasteiger partial charge in [-0.3, -0.25) is 9.59 Å². The third kappa shape index (κ3) is 7.12. The van der Waals surface area contributed by atoms with Gasteiger partial charge in [-0.25, -0.2) is 0 Å². The number of benzene rings is 1. The molecule has 0 unspecified atom stereocenters. The van der Waals surface area contributed by atoms with Crippen molar-refractivity contribution in [2.45, 2.75) is 84.7 Å². The van der Waals surface area contributed by atoms with Crippen molar-refractivity contribution in [2.75, 3.05) is 20.8 Å². The van der Waals surface area contributed by atoms with E-state index in [-0.39, 0.29) is 54.1 Å². The molecule has 1 saturated heterocycles. The second-order valence-electron chi connectivity index (χ2n) is 10.4. The number of likely N-dealkylation sites (tertiary alicyclic amines) is 1. The van der Waals surface area contributed by atoms with Gasteiger partial charge in [-0.2, -0.15) is 0 Å². The third-order valence-electron chi connectivity index (χ3n) is 7.79. The van der Waals surface area contributed by atoms with Gasteiger partial charge in [-0.05, 0) is 36.2 Å². The van der Waals surface area contributed by atoms with Gasteiger partial charge >= 0.3 is 0 Å². The first-order valence-electron chi connectivity index (χ1n) is 12.7. The Morgan fingerprint density at radius 2 is 1.68 bits per heavy atom. The molecular formula is C28H45NO5. The summed E-state index contributed by atoms with van der Waals surface area (Å²) in [6.07, 6.45) is 1.12. The molecule has 1 aliphatic heterocycles. The van der Waals surface area contributed by atoms with Crippen molar-refractivity contribution in [2.24, 2.45) is 23.7 Å². The van der Waals surface area contributed by atoms with E-state index in [1.807, 2.05) is 49.1 Å². The molecule has 192 valence electrons. The van der Waals surface area contributed by atoms with E-state index in [1.54, 1.807) is 14.2 Å². The van der Waals surface area contributed by atoms with Crippen LogP contribution in [0.1, 0.15) is 72.0 Å². The van der Waals surface area contributed by atoms with Crippen LogP contribution >= 0.6 is 0 Å². The highest BCUT2D eigenvalue weighted by atomic mass is 16.5. The molecule has 2 rings (SSSR count). The Hall–Kier alpha value is -1.76. The lowest BCUT2D eigenvalue weighted by Gasteiger charge is -2.35. The summed E-state index contributed by atoms with van der Waals surface area (Å²) in [5.41, 5.74) is 0.814. The van der Waals surface area contributed by atoms with E-state index in [0.717, 1.165) is 18.4 Å². The zero-order chi connectivity index (χ0) is 25.4. The van der Waals surface area contributed by atoms with E-state index < -0.39 is 6.10 Å². The molecule has 1 aromatic rings. The summed E-state index contributed by atoms with van der Waals surface area (Å²) in [5, 5.41) is 10.7. The van der Waals surface area contributed by atoms with Gasteiger partial charge in [0.25, 0.3) is 0 Å². The van der Waals surface area contributed by atoms with Crippen LogP contribution in [0, 0.1) is 23.7 Å². The number of nitrogens with zero attached hydrogens (tertiary/aromatic N) is 1. The van der Waals surface area contributed by atoms with Crippen molar-refractivity contribution < 1.29 is 24.2 Å². The van der Waals surface area contributed by atoms with Gasteiger partial charge in [-0.15, -0.1) is 0 Å². The van der Waals surface area contributed by atoms with Crippen LogP contribution in [0.3, 0.4) is 0 Å². The third-order valence-corrected chi connectivity index (χ3v) is 7.79. The predicted molar refractivity (Wildman–Crippen MR) is 134 cm³/mol. The van der Waals surface area contributed by atoms with Crippen molar-refractivity contribution >= 4 is 11.7 Å². The van der Waals surface area contributed by atoms with Crippen molar-refractivity contribution in [3.05, 3.63) is 35.9 Å². The Morgan fingerprint density at radius 1 is 1.03 bits per heavy atom. The Kier molecular flexibility index (Phi) is 11.2. The fourth-order valence-corrected chi connectivity index (χ4v) is 5.12. The fourth-order valence-electron chi connectivity index (χ4n) is 5.12. The fraction of sp³-hybridized carbons (Fsp3) is 0.714. The van der Waals surface area contributed by atoms with Crippen molar-refractivity contribution in [1.82, 2.24) is 4.90 Å². The Balaban J connectivity index is 2.05. The second kappa shape index (κ2) is 13.4. The van der Waals surface area contributed by atoms with E-state index in [1.165, 1.54) is 0 Å². The van der Waals surface area contributed by atoms with Crippen LogP contribution in [0.4, 0.5) is 0 Å². The van der Waals surface area contributed by atoms with Crippen LogP contribution in [0.5, 0.6) is 0 Å². The van der Waals surface area contributed by atoms with Crippen LogP contribution in [-0.2, 0) is 19.1 Å². The van der Waals surface area contributed by atoms with Gasteiger partial charge in [0, 0.05) is 33.1 Å². The maximum Gasteiger partial charge on any atom is 0.225 e. The molecule has 0 aromatic heterocycles. The molecule has 0 radical (unpaired) electrons. The van der Waals surface area contributed by atoms with Crippen molar-refractivity contribution in [1.29, 1.82) is 0 Å². The van der Waals surface area contributed by atoms with Crippen molar-refractivity contribution in [3.8, 4) is 0 Å². The van der Waals surface area contributed by atoms with Gasteiger partial charge in [0.2, 0.25) is 5.91 Å². The molecular weight excluding hydrogens is 430 g/mol. The normalized spacial score (nSPS) is 21.7. The molecule has 1 aliphatic rings. The summed E-state index contributed by atoms with van der Waals surface area (Å²) in [6, 6.07) is 9.31. The van der Waals surface area contributed by atoms with Gasteiger partial charge < -0.3 is 19.5 Å². The largest absolute Gasteiger partial charge is 0.388 e. The lowest BCUT2D eigenvalue weighted by Crippen LogP contribution is -2.49. The van der Waals surface area contributed by atoms with Gasteiger partial charge in [0.1, 0.15) is 5.78 Å². The SMILES string of the molecule is CO[C@H]([C@@H](C)C(=O)C[C@H](C)[C@@H](O)c1ccccc1)[C@@H]1CCCN1C(=O)C[C@@H](OC)[C@@H](C)C(C)C. The van der Waals surface area contributed by atoms with Gasteiger partial charge in [0.15, 0.2) is 0 Å². The zero-order valence-electron chi connectivity index (χ0n) is 22.1. The molecule has 0 bridgehead atoms. The molecule has 0 aliphatic carbocycles. The number of rotatable bonds is 13. The second-order valence-corrected chi connectivity index (χ2v) is 10.4. The number of aliphatic hydroxyl groups is 1. The number of ether oxygens (including phenoxy) is 2. The lowest BCUT2D eigenvalue weighted by molar-refractivity contribution is -0.142. The molecule has 1 amide bonds. The minimum Gasteiger partial charge on any atom is -0.388 e. The highest BCUT2D eigenvalue weighted by Gasteiger charge is 2.40. The van der Waals surface area contributed by atoms with Crippen LogP contribution < -0.4 is 0 Å². The number of carbonyl (C=O) groups is 2. The maximum atomic E-state index is 13.3. The zero-order valence-corrected chi connectivity index (χ0v) is 22.1. The lowest BCUT2D eigenvalue weighted by atomic mass is 9.85. The molecule has 1 aromatic carbocycles. The summed E-state index contributed by atoms with van der Waals surface area (Å²) in [6.45, 7) is 10.9. The van der Waals surface area contributed by atoms with Crippen molar-refractivity contribution in [3.63, 3.8) is 0 Å². The summed E-state index contributed by atoms with van der Waals surface area (Å²) in [4.78, 5) is 28.4. The van der Waals surface area contributed by atoms with Crippen LogP contribution in [0.2, 0.25) is 0 Å². The topological polar surface area (TPSA) is 76.1 Å². The Labute approximate surface area is 206 Å². The number of hydrogen-bond acceptors (Lipinski definition) is 5. The smallest absolute Gasteiger partial charge is 0.225 e. The number of aliphatic hydroxyl groups excluding tert-OH is 1. The number of hydrogen-bond donors (Lipinski definition) is 1. The molecule has 7 atom stereocenters. The number of carbonyl (C=O) groups excluding carboxylic acids is 2. The quantitative estimate of drug-likeness (QED) is 0.449. The predicted octanol–water partition coefficient (Wildman–Crippen LogP) is 4.65. The average Bonchev–Trinajstić information content (AvgIpc) is 3.31. The summed E-state index contributed by atoms with van der Waals surface area (Å²) in [5.74, 6) is 0.224. The van der Waals surface area contributed by atoms with E-state index in [0.29, 0.717) is 18.9 Å². The van der Waals surface area contributed by atoms with E-state index in [4.69, 9.17) is 9.47 Å². The first-order valence-corrected chi connectivity index (χ1v) is 12.7. The number of ketones is 1. The monoisotopic (exact) mass is 475 g/mol.